The summed E-state index contributed by atoms with van der Waals surface area (Å²) < 4.78 is 5.38. The molecule has 1 aromatic rings. The molecule has 0 aliphatic heterocycles. The van der Waals surface area contributed by atoms with E-state index in [-0.39, 0.29) is 18.6 Å². The molecular weight excluding hydrogens is 297 g/mol. The molecule has 0 heterocycles. The van der Waals surface area contributed by atoms with Gasteiger partial charge in [0, 0.05) is 11.1 Å². The maximum Gasteiger partial charge on any atom is 0.258 e. The number of unbranched alkanes of at least 4 members (excludes halogenated alkanes) is 2. The number of carbonyl (C=O) groups is 1. The van der Waals surface area contributed by atoms with Crippen molar-refractivity contribution in [1.29, 1.82) is 0 Å². The molecule has 0 aliphatic carbocycles. The average Bonchev–Trinajstić information content (AvgIpc) is 2.38. The Morgan fingerprint density at radius 2 is 2.10 bits per heavy atom. The van der Waals surface area contributed by atoms with Crippen LogP contribution < -0.4 is 10.1 Å². The number of halogens is 2. The fourth-order valence-electron chi connectivity index (χ4n) is 1.82. The molecule has 1 rings (SSSR count). The van der Waals surface area contributed by atoms with E-state index in [0.717, 1.165) is 12.8 Å². The van der Waals surface area contributed by atoms with E-state index in [1.807, 2.05) is 6.92 Å². The Morgan fingerprint density at radius 3 is 2.75 bits per heavy atom. The first-order valence-corrected chi connectivity index (χ1v) is 7.65. The van der Waals surface area contributed by atoms with Gasteiger partial charge in [0.25, 0.3) is 5.91 Å². The highest BCUT2D eigenvalue weighted by Crippen LogP contribution is 2.27. The normalized spacial score (nSPS) is 12.0. The van der Waals surface area contributed by atoms with E-state index < -0.39 is 0 Å². The van der Waals surface area contributed by atoms with Crippen molar-refractivity contribution in [2.24, 2.45) is 0 Å². The Kier molecular flexibility index (Phi) is 7.78. The van der Waals surface area contributed by atoms with Crippen molar-refractivity contribution in [3.63, 3.8) is 0 Å². The van der Waals surface area contributed by atoms with Gasteiger partial charge >= 0.3 is 0 Å². The molecule has 0 unspecified atom stereocenters. The number of benzene rings is 1. The van der Waals surface area contributed by atoms with Gasteiger partial charge < -0.3 is 10.1 Å². The molecule has 0 saturated carbocycles. The number of rotatable bonds is 8. The minimum absolute atomic E-state index is 0.0422. The van der Waals surface area contributed by atoms with Gasteiger partial charge in [0.15, 0.2) is 6.61 Å². The van der Waals surface area contributed by atoms with Crippen LogP contribution in [0.15, 0.2) is 18.2 Å². The predicted molar refractivity (Wildman–Crippen MR) is 83.7 cm³/mol. The van der Waals surface area contributed by atoms with E-state index in [1.165, 1.54) is 12.8 Å². The van der Waals surface area contributed by atoms with Crippen molar-refractivity contribution in [3.8, 4) is 5.75 Å². The van der Waals surface area contributed by atoms with Crippen molar-refractivity contribution in [2.75, 3.05) is 6.61 Å². The van der Waals surface area contributed by atoms with E-state index in [4.69, 9.17) is 27.9 Å². The van der Waals surface area contributed by atoms with E-state index in [2.05, 4.69) is 12.2 Å². The molecule has 5 heteroatoms. The van der Waals surface area contributed by atoms with Gasteiger partial charge in [-0.05, 0) is 31.5 Å². The lowest BCUT2D eigenvalue weighted by Crippen LogP contribution is -2.36. The molecular formula is C15H21Cl2NO2. The molecule has 20 heavy (non-hydrogen) atoms. The van der Waals surface area contributed by atoms with E-state index in [1.54, 1.807) is 18.2 Å². The fourth-order valence-corrected chi connectivity index (χ4v) is 2.29. The maximum absolute atomic E-state index is 11.7. The molecule has 0 spiro atoms. The van der Waals surface area contributed by atoms with Gasteiger partial charge in [-0.25, -0.2) is 0 Å². The number of amides is 1. The molecule has 1 N–H and O–H groups in total. The summed E-state index contributed by atoms with van der Waals surface area (Å²) in [6, 6.07) is 5.08. The second kappa shape index (κ2) is 9.09. The maximum atomic E-state index is 11.7. The van der Waals surface area contributed by atoms with E-state index in [0.29, 0.717) is 15.8 Å². The molecule has 1 atom stereocenters. The van der Waals surface area contributed by atoms with E-state index in [9.17, 15) is 4.79 Å². The molecule has 0 fully saturated rings. The summed E-state index contributed by atoms with van der Waals surface area (Å²) in [5, 5.41) is 3.85. The van der Waals surface area contributed by atoms with Crippen LogP contribution in [0.25, 0.3) is 0 Å². The SMILES string of the molecule is CCCCC[C@H](C)NC(=O)COc1ccc(Cl)cc1Cl. The summed E-state index contributed by atoms with van der Waals surface area (Å²) >= 11 is 11.8. The number of carbonyl (C=O) groups excluding carboxylic acids is 1. The van der Waals surface area contributed by atoms with Crippen molar-refractivity contribution in [2.45, 2.75) is 45.6 Å². The van der Waals surface area contributed by atoms with Gasteiger partial charge in [-0.1, -0.05) is 49.4 Å². The van der Waals surface area contributed by atoms with Gasteiger partial charge in [0.05, 0.1) is 5.02 Å². The summed E-state index contributed by atoms with van der Waals surface area (Å²) in [6.07, 6.45) is 4.49. The van der Waals surface area contributed by atoms with Crippen LogP contribution >= 0.6 is 23.2 Å². The third kappa shape index (κ3) is 6.49. The smallest absolute Gasteiger partial charge is 0.258 e. The number of nitrogens with one attached hydrogen (secondary N) is 1. The van der Waals surface area contributed by atoms with Gasteiger partial charge in [-0.2, -0.15) is 0 Å². The van der Waals surface area contributed by atoms with Gasteiger partial charge in [0.2, 0.25) is 0 Å². The molecule has 112 valence electrons. The third-order valence-corrected chi connectivity index (χ3v) is 3.43. The lowest BCUT2D eigenvalue weighted by molar-refractivity contribution is -0.123. The molecule has 0 radical (unpaired) electrons. The summed E-state index contributed by atoms with van der Waals surface area (Å²) in [5.74, 6) is 0.324. The van der Waals surface area contributed by atoms with Crippen LogP contribution in [-0.4, -0.2) is 18.6 Å². The zero-order valence-corrected chi connectivity index (χ0v) is 13.4. The van der Waals surface area contributed by atoms with Crippen molar-refractivity contribution in [3.05, 3.63) is 28.2 Å². The number of ether oxygens (including phenoxy) is 1. The summed E-state index contributed by atoms with van der Waals surface area (Å²) in [4.78, 5) is 11.7. The van der Waals surface area contributed by atoms with E-state index >= 15 is 0 Å². The minimum atomic E-state index is -0.139. The fraction of sp³-hybridized carbons (Fsp3) is 0.533. The highest BCUT2D eigenvalue weighted by Gasteiger charge is 2.09. The lowest BCUT2D eigenvalue weighted by atomic mass is 10.1. The quantitative estimate of drug-likeness (QED) is 0.719. The standard InChI is InChI=1S/C15H21Cl2NO2/c1-3-4-5-6-11(2)18-15(19)10-20-14-8-7-12(16)9-13(14)17/h7-9,11H,3-6,10H2,1-2H3,(H,18,19)/t11-/m0/s1. The largest absolute Gasteiger partial charge is 0.482 e. The first-order valence-electron chi connectivity index (χ1n) is 6.90. The summed E-state index contributed by atoms with van der Waals surface area (Å²) in [5.41, 5.74) is 0. The Labute approximate surface area is 130 Å². The zero-order valence-electron chi connectivity index (χ0n) is 11.9. The van der Waals surface area contributed by atoms with Gasteiger partial charge in [-0.15, -0.1) is 0 Å². The van der Waals surface area contributed by atoms with Gasteiger partial charge in [0.1, 0.15) is 5.75 Å². The van der Waals surface area contributed by atoms with Crippen LogP contribution in [0.4, 0.5) is 0 Å². The third-order valence-electron chi connectivity index (χ3n) is 2.90. The average molecular weight is 318 g/mol. The molecule has 0 saturated heterocycles. The lowest BCUT2D eigenvalue weighted by Gasteiger charge is -2.14. The predicted octanol–water partition coefficient (Wildman–Crippen LogP) is 4.46. The molecule has 0 aliphatic rings. The van der Waals surface area contributed by atoms with Crippen LogP contribution in [0.1, 0.15) is 39.5 Å². The highest BCUT2D eigenvalue weighted by molar-refractivity contribution is 6.35. The second-order valence-electron chi connectivity index (χ2n) is 4.83. The number of hydrogen-bond donors (Lipinski definition) is 1. The Hall–Kier alpha value is -0.930. The second-order valence-corrected chi connectivity index (χ2v) is 5.67. The Morgan fingerprint density at radius 1 is 1.35 bits per heavy atom. The molecule has 1 amide bonds. The highest BCUT2D eigenvalue weighted by atomic mass is 35.5. The minimum Gasteiger partial charge on any atom is -0.482 e. The zero-order chi connectivity index (χ0) is 15.0. The van der Waals surface area contributed by atoms with Crippen LogP contribution in [0.3, 0.4) is 0 Å². The molecule has 0 aromatic heterocycles. The first kappa shape index (κ1) is 17.1. The monoisotopic (exact) mass is 317 g/mol. The Balaban J connectivity index is 2.32. The first-order chi connectivity index (χ1) is 9.52. The topological polar surface area (TPSA) is 38.3 Å². The van der Waals surface area contributed by atoms with Crippen molar-refractivity contribution >= 4 is 29.1 Å². The van der Waals surface area contributed by atoms with Crippen LogP contribution in [0.2, 0.25) is 10.0 Å². The molecule has 3 nitrogen and oxygen atoms in total. The van der Waals surface area contributed by atoms with Crippen molar-refractivity contribution < 1.29 is 9.53 Å². The summed E-state index contributed by atoms with van der Waals surface area (Å²) in [7, 11) is 0. The van der Waals surface area contributed by atoms with Crippen LogP contribution in [-0.2, 0) is 4.79 Å². The Bertz CT molecular complexity index is 438. The van der Waals surface area contributed by atoms with Crippen LogP contribution in [0, 0.1) is 0 Å². The molecule has 0 bridgehead atoms. The van der Waals surface area contributed by atoms with Gasteiger partial charge in [-0.3, -0.25) is 4.79 Å². The number of hydrogen-bond acceptors (Lipinski definition) is 2. The summed E-state index contributed by atoms with van der Waals surface area (Å²) in [6.45, 7) is 4.12. The van der Waals surface area contributed by atoms with Crippen molar-refractivity contribution in [1.82, 2.24) is 5.32 Å². The molecule has 1 aromatic carbocycles. The van der Waals surface area contributed by atoms with Crippen LogP contribution in [0.5, 0.6) is 5.75 Å².